The number of aryl methyl sites for hydroxylation is 1. The number of aliphatic carboxylic acids is 2. The van der Waals surface area contributed by atoms with Crippen molar-refractivity contribution in [1.29, 1.82) is 0 Å². The number of rotatable bonds is 6. The second-order valence-electron chi connectivity index (χ2n) is 4.17. The molecule has 1 rings (SSSR count). The minimum Gasteiger partial charge on any atom is -0.496 e. The zero-order valence-corrected chi connectivity index (χ0v) is 11.0. The van der Waals surface area contributed by atoms with E-state index in [0.29, 0.717) is 0 Å². The quantitative estimate of drug-likeness (QED) is 0.706. The highest BCUT2D eigenvalue weighted by Crippen LogP contribution is 2.19. The normalized spacial score (nSPS) is 11.5. The number of methoxy groups -OCH3 is 1. The van der Waals surface area contributed by atoms with Gasteiger partial charge >= 0.3 is 11.9 Å². The van der Waals surface area contributed by atoms with Gasteiger partial charge in [0, 0.05) is 0 Å². The maximum absolute atomic E-state index is 12.0. The van der Waals surface area contributed by atoms with E-state index in [2.05, 4.69) is 5.32 Å². The Morgan fingerprint density at radius 1 is 1.30 bits per heavy atom. The molecule has 0 aliphatic carbocycles. The molecule has 1 aromatic rings. The molecule has 7 heteroatoms. The first-order chi connectivity index (χ1) is 9.35. The number of carboxylic acids is 2. The fourth-order valence-corrected chi connectivity index (χ4v) is 1.61. The van der Waals surface area contributed by atoms with Crippen molar-refractivity contribution in [1.82, 2.24) is 5.32 Å². The summed E-state index contributed by atoms with van der Waals surface area (Å²) < 4.78 is 5.02. The summed E-state index contributed by atoms with van der Waals surface area (Å²) in [6, 6.07) is 3.36. The van der Waals surface area contributed by atoms with Crippen LogP contribution in [0.5, 0.6) is 5.75 Å². The maximum Gasteiger partial charge on any atom is 0.326 e. The summed E-state index contributed by atoms with van der Waals surface area (Å²) in [4.78, 5) is 33.5. The van der Waals surface area contributed by atoms with E-state index in [1.165, 1.54) is 13.2 Å². The average molecular weight is 281 g/mol. The minimum absolute atomic E-state index is 0.157. The van der Waals surface area contributed by atoms with E-state index in [0.717, 1.165) is 5.56 Å². The Balaban J connectivity index is 2.96. The van der Waals surface area contributed by atoms with E-state index >= 15 is 0 Å². The molecule has 0 radical (unpaired) electrons. The number of ether oxygens (including phenoxy) is 1. The summed E-state index contributed by atoms with van der Waals surface area (Å²) in [6.07, 6.45) is -0.699. The van der Waals surface area contributed by atoms with Crippen molar-refractivity contribution in [3.8, 4) is 5.75 Å². The molecule has 0 spiro atoms. The highest BCUT2D eigenvalue weighted by atomic mass is 16.5. The summed E-state index contributed by atoms with van der Waals surface area (Å²) in [5, 5.41) is 19.7. The second kappa shape index (κ2) is 6.55. The van der Waals surface area contributed by atoms with Crippen LogP contribution in [-0.2, 0) is 9.59 Å². The molecule has 0 bridgehead atoms. The molecule has 1 aromatic carbocycles. The van der Waals surface area contributed by atoms with E-state index in [9.17, 15) is 14.4 Å². The molecule has 1 amide bonds. The van der Waals surface area contributed by atoms with Crippen LogP contribution in [0.25, 0.3) is 0 Å². The summed E-state index contributed by atoms with van der Waals surface area (Å²) in [6.45, 7) is 1.77. The van der Waals surface area contributed by atoms with Crippen LogP contribution < -0.4 is 10.1 Å². The Hall–Kier alpha value is -2.57. The molecule has 0 aliphatic heterocycles. The van der Waals surface area contributed by atoms with Crippen molar-refractivity contribution in [3.05, 3.63) is 29.3 Å². The average Bonchev–Trinajstić information content (AvgIpc) is 2.37. The molecular weight excluding hydrogens is 266 g/mol. The molecule has 7 nitrogen and oxygen atoms in total. The molecule has 0 fully saturated rings. The summed E-state index contributed by atoms with van der Waals surface area (Å²) in [5.41, 5.74) is 0.949. The van der Waals surface area contributed by atoms with Crippen molar-refractivity contribution in [2.75, 3.05) is 7.11 Å². The molecule has 0 saturated heterocycles. The SMILES string of the molecule is COc1ccc(C)cc1C(=O)NC(CC(=O)O)C(=O)O. The van der Waals surface area contributed by atoms with Crippen LogP contribution >= 0.6 is 0 Å². The van der Waals surface area contributed by atoms with Crippen molar-refractivity contribution in [3.63, 3.8) is 0 Å². The van der Waals surface area contributed by atoms with Gasteiger partial charge in [0.25, 0.3) is 5.91 Å². The molecule has 3 N–H and O–H groups in total. The number of carbonyl (C=O) groups is 3. The highest BCUT2D eigenvalue weighted by molar-refractivity contribution is 5.99. The van der Waals surface area contributed by atoms with Gasteiger partial charge in [-0.05, 0) is 19.1 Å². The number of carboxylic acid groups (broad SMARTS) is 2. The largest absolute Gasteiger partial charge is 0.496 e. The third-order valence-corrected chi connectivity index (χ3v) is 2.58. The van der Waals surface area contributed by atoms with Crippen LogP contribution in [0, 0.1) is 6.92 Å². The summed E-state index contributed by atoms with van der Waals surface area (Å²) >= 11 is 0. The third-order valence-electron chi connectivity index (χ3n) is 2.58. The van der Waals surface area contributed by atoms with Crippen LogP contribution in [0.1, 0.15) is 22.3 Å². The van der Waals surface area contributed by atoms with E-state index < -0.39 is 30.3 Å². The smallest absolute Gasteiger partial charge is 0.326 e. The van der Waals surface area contributed by atoms with Gasteiger partial charge in [0.2, 0.25) is 0 Å². The standard InChI is InChI=1S/C13H15NO6/c1-7-3-4-10(20-2)8(5-7)12(17)14-9(13(18)19)6-11(15)16/h3-5,9H,6H2,1-2H3,(H,14,17)(H,15,16)(H,18,19). The molecular formula is C13H15NO6. The molecule has 0 saturated carbocycles. The van der Waals surface area contributed by atoms with Gasteiger partial charge in [-0.3, -0.25) is 9.59 Å². The van der Waals surface area contributed by atoms with Crippen molar-refractivity contribution < 1.29 is 29.3 Å². The van der Waals surface area contributed by atoms with E-state index in [1.54, 1.807) is 19.1 Å². The predicted octanol–water partition coefficient (Wildman–Crippen LogP) is 0.661. The number of carbonyl (C=O) groups excluding carboxylic acids is 1. The molecule has 1 unspecified atom stereocenters. The minimum atomic E-state index is -1.50. The first-order valence-corrected chi connectivity index (χ1v) is 5.75. The van der Waals surface area contributed by atoms with Gasteiger partial charge < -0.3 is 20.3 Å². The number of nitrogens with one attached hydrogen (secondary N) is 1. The topological polar surface area (TPSA) is 113 Å². The van der Waals surface area contributed by atoms with E-state index in [1.807, 2.05) is 0 Å². The molecule has 0 heterocycles. The maximum atomic E-state index is 12.0. The Labute approximate surface area is 115 Å². The number of amides is 1. The van der Waals surface area contributed by atoms with Crippen molar-refractivity contribution >= 4 is 17.8 Å². The van der Waals surface area contributed by atoms with Gasteiger partial charge in [-0.1, -0.05) is 11.6 Å². The number of benzene rings is 1. The van der Waals surface area contributed by atoms with Gasteiger partial charge in [0.05, 0.1) is 19.1 Å². The molecule has 108 valence electrons. The van der Waals surface area contributed by atoms with Crippen LogP contribution in [0.15, 0.2) is 18.2 Å². The zero-order valence-electron chi connectivity index (χ0n) is 11.0. The Morgan fingerprint density at radius 2 is 1.95 bits per heavy atom. The second-order valence-corrected chi connectivity index (χ2v) is 4.17. The Morgan fingerprint density at radius 3 is 2.45 bits per heavy atom. The summed E-state index contributed by atoms with van der Waals surface area (Å²) in [7, 11) is 1.38. The third kappa shape index (κ3) is 3.98. The van der Waals surface area contributed by atoms with Gasteiger partial charge in [-0.25, -0.2) is 4.79 Å². The van der Waals surface area contributed by atoms with Gasteiger partial charge in [0.1, 0.15) is 11.8 Å². The van der Waals surface area contributed by atoms with Crippen molar-refractivity contribution in [2.45, 2.75) is 19.4 Å². The molecule has 1 atom stereocenters. The lowest BCUT2D eigenvalue weighted by molar-refractivity contribution is -0.145. The predicted molar refractivity (Wildman–Crippen MR) is 68.9 cm³/mol. The van der Waals surface area contributed by atoms with Crippen molar-refractivity contribution in [2.24, 2.45) is 0 Å². The zero-order chi connectivity index (χ0) is 15.3. The van der Waals surface area contributed by atoms with Gasteiger partial charge in [-0.15, -0.1) is 0 Å². The van der Waals surface area contributed by atoms with Crippen LogP contribution in [0.3, 0.4) is 0 Å². The molecule has 0 aromatic heterocycles. The fraction of sp³-hybridized carbons (Fsp3) is 0.308. The lowest BCUT2D eigenvalue weighted by atomic mass is 10.1. The lowest BCUT2D eigenvalue weighted by Crippen LogP contribution is -2.42. The fourth-order valence-electron chi connectivity index (χ4n) is 1.61. The Kier molecular flexibility index (Phi) is 5.08. The van der Waals surface area contributed by atoms with Crippen LogP contribution in [0.2, 0.25) is 0 Å². The van der Waals surface area contributed by atoms with Gasteiger partial charge in [0.15, 0.2) is 0 Å². The molecule has 0 aliphatic rings. The number of hydrogen-bond acceptors (Lipinski definition) is 4. The first kappa shape index (κ1) is 15.5. The highest BCUT2D eigenvalue weighted by Gasteiger charge is 2.24. The first-order valence-electron chi connectivity index (χ1n) is 5.75. The number of hydrogen-bond donors (Lipinski definition) is 3. The van der Waals surface area contributed by atoms with E-state index in [-0.39, 0.29) is 11.3 Å². The Bertz CT molecular complexity index is 540. The lowest BCUT2D eigenvalue weighted by Gasteiger charge is -2.14. The van der Waals surface area contributed by atoms with Crippen LogP contribution in [-0.4, -0.2) is 41.2 Å². The van der Waals surface area contributed by atoms with Crippen LogP contribution in [0.4, 0.5) is 0 Å². The molecule has 20 heavy (non-hydrogen) atoms. The monoisotopic (exact) mass is 281 g/mol. The van der Waals surface area contributed by atoms with E-state index in [4.69, 9.17) is 14.9 Å². The summed E-state index contributed by atoms with van der Waals surface area (Å²) in [5.74, 6) is -3.13. The van der Waals surface area contributed by atoms with Gasteiger partial charge in [-0.2, -0.15) is 0 Å².